The lowest BCUT2D eigenvalue weighted by Gasteiger charge is -1.11. The molecule has 82 valence electrons. The van der Waals surface area contributed by atoms with Crippen molar-refractivity contribution in [2.24, 2.45) is 0 Å². The van der Waals surface area contributed by atoms with Gasteiger partial charge in [-0.05, 0) is 12.5 Å². The molecule has 0 unspecified atom stereocenters. The highest BCUT2D eigenvalue weighted by Crippen LogP contribution is 1.31. The molecule has 0 atom stereocenters. The van der Waals surface area contributed by atoms with Crippen molar-refractivity contribution in [1.29, 1.82) is 0 Å². The number of thiol groups is 2. The molecule has 11 heavy (non-hydrogen) atoms. The molecule has 0 aromatic carbocycles. The zero-order valence-corrected chi connectivity index (χ0v) is 6.68. The molecule has 0 aromatic heterocycles. The third kappa shape index (κ3) is 1650. The molecule has 0 saturated heterocycles. The van der Waals surface area contributed by atoms with Gasteiger partial charge < -0.3 is 0 Å². The minimum absolute atomic E-state index is 0. The fourth-order valence-electron chi connectivity index (χ4n) is 0. The maximum atomic E-state index is 3.53. The van der Waals surface area contributed by atoms with E-state index in [1.165, 1.54) is 0 Å². The zero-order valence-electron chi connectivity index (χ0n) is 4.89. The van der Waals surface area contributed by atoms with E-state index in [-0.39, 0.29) is 37.1 Å². The maximum absolute atomic E-state index is 3.53. The number of hydrogen-bond donors (Lipinski definition) is 2. The summed E-state index contributed by atoms with van der Waals surface area (Å²) in [6.07, 6.45) is 3.39. The Kier molecular flexibility index (Phi) is 18300. The quantitative estimate of drug-likeness (QED) is 0.494. The van der Waals surface area contributed by atoms with Gasteiger partial charge in [-0.15, -0.1) is 0 Å². The third-order valence-electron chi connectivity index (χ3n) is 0. The number of rotatable bonds is 0. The monoisotopic (exact) mass is 206 g/mol. The molecular formula is C9H34S2. The fourth-order valence-corrected chi connectivity index (χ4v) is 0. The largest absolute Gasteiger partial charge is 0.183 e. The average molecular weight is 207 g/mol. The molecule has 0 rings (SSSR count). The van der Waals surface area contributed by atoms with Crippen LogP contribution < -0.4 is 0 Å². The van der Waals surface area contributed by atoms with Gasteiger partial charge in [-0.3, -0.25) is 0 Å². The van der Waals surface area contributed by atoms with Crippen molar-refractivity contribution >= 4 is 25.3 Å². The summed E-state index contributed by atoms with van der Waals surface area (Å²) in [4.78, 5) is 0. The first-order valence-electron chi connectivity index (χ1n) is 1.89. The molecule has 0 heterocycles. The van der Waals surface area contributed by atoms with Gasteiger partial charge in [0.05, 0.1) is 0 Å². The smallest absolute Gasteiger partial charge is 0.0215 e. The van der Waals surface area contributed by atoms with Crippen molar-refractivity contribution in [2.45, 2.75) is 51.0 Å². The Balaban J connectivity index is -0.00000000167. The Morgan fingerprint density at radius 1 is 0.455 bits per heavy atom. The second-order valence-electron chi connectivity index (χ2n) is 0. The molecule has 2 heteroatoms. The van der Waals surface area contributed by atoms with Crippen molar-refractivity contribution in [1.82, 2.24) is 0 Å². The van der Waals surface area contributed by atoms with Crippen molar-refractivity contribution in [3.05, 3.63) is 0 Å². The average Bonchev–Trinajstić information content (AvgIpc) is 1.81. The van der Waals surface area contributed by atoms with Gasteiger partial charge in [0.15, 0.2) is 0 Å². The van der Waals surface area contributed by atoms with Crippen LogP contribution in [0.2, 0.25) is 0 Å². The van der Waals surface area contributed by atoms with Gasteiger partial charge in [-0.1, -0.05) is 51.0 Å². The van der Waals surface area contributed by atoms with E-state index in [2.05, 4.69) is 25.3 Å². The van der Waals surface area contributed by atoms with Gasteiger partial charge in [0.1, 0.15) is 0 Å². The van der Waals surface area contributed by atoms with Crippen LogP contribution in [0.25, 0.3) is 0 Å². The van der Waals surface area contributed by atoms with Crippen LogP contribution in [0.5, 0.6) is 0 Å². The first-order chi connectivity index (χ1) is 3.00. The summed E-state index contributed by atoms with van der Waals surface area (Å²) in [5.41, 5.74) is 0. The summed E-state index contributed by atoms with van der Waals surface area (Å²) >= 11 is 7.06. The van der Waals surface area contributed by atoms with E-state index in [0.29, 0.717) is 0 Å². The van der Waals surface area contributed by atoms with E-state index in [1.54, 1.807) is 12.5 Å². The SMILES string of the molecule is C.C.C.C.C.CC.CS.CS. The normalized spacial score (nSPS) is 1.64. The Bertz CT molecular complexity index is 7.52. The molecule has 0 nitrogen and oxygen atoms in total. The molecule has 0 aliphatic rings. The van der Waals surface area contributed by atoms with Crippen LogP contribution in [0, 0.1) is 0 Å². The standard InChI is InChI=1S/C2H6.2CH4S.5CH4/c3*1-2;;;;;/h1-2H3;2*2H,1H3;5*1H4. The van der Waals surface area contributed by atoms with E-state index in [0.717, 1.165) is 0 Å². The van der Waals surface area contributed by atoms with Crippen molar-refractivity contribution in [2.75, 3.05) is 12.5 Å². The van der Waals surface area contributed by atoms with Crippen molar-refractivity contribution < 1.29 is 0 Å². The lowest BCUT2D eigenvalue weighted by Crippen LogP contribution is -0.865. The number of hydrogen-bond acceptors (Lipinski definition) is 2. The second kappa shape index (κ2) is 2050. The highest BCUT2D eigenvalue weighted by molar-refractivity contribution is 7.79. The maximum Gasteiger partial charge on any atom is -0.0215 e. The molecule has 0 amide bonds. The molecule has 0 aromatic rings. The topological polar surface area (TPSA) is 0 Å². The lowest BCUT2D eigenvalue weighted by atomic mass is 11.0. The van der Waals surface area contributed by atoms with Crippen LogP contribution in [-0.2, 0) is 0 Å². The van der Waals surface area contributed by atoms with E-state index in [9.17, 15) is 0 Å². The van der Waals surface area contributed by atoms with Gasteiger partial charge in [-0.2, -0.15) is 25.3 Å². The highest BCUT2D eigenvalue weighted by atomic mass is 32.1. The van der Waals surface area contributed by atoms with E-state index >= 15 is 0 Å². The summed E-state index contributed by atoms with van der Waals surface area (Å²) in [6.45, 7) is 4.00. The predicted octanol–water partition coefficient (Wildman–Crippen LogP) is 5.30. The molecule has 0 N–H and O–H groups in total. The minimum atomic E-state index is 0. The first-order valence-corrected chi connectivity index (χ1v) is 3.68. The van der Waals surface area contributed by atoms with Crippen LogP contribution in [0.15, 0.2) is 0 Å². The summed E-state index contributed by atoms with van der Waals surface area (Å²) in [6, 6.07) is 0. The zero-order chi connectivity index (χ0) is 6.00. The van der Waals surface area contributed by atoms with Crippen LogP contribution in [0.1, 0.15) is 51.0 Å². The molecule has 0 spiro atoms. The Morgan fingerprint density at radius 2 is 0.455 bits per heavy atom. The van der Waals surface area contributed by atoms with Gasteiger partial charge >= 0.3 is 0 Å². The van der Waals surface area contributed by atoms with E-state index in [1.807, 2.05) is 13.8 Å². The fraction of sp³-hybridized carbons (Fsp3) is 1.00. The highest BCUT2D eigenvalue weighted by Gasteiger charge is 0.932. The molecule has 0 saturated carbocycles. The Labute approximate surface area is 89.0 Å². The summed E-state index contributed by atoms with van der Waals surface area (Å²) in [7, 11) is 0. The Hall–Kier alpha value is 0.700. The van der Waals surface area contributed by atoms with Crippen molar-refractivity contribution in [3.8, 4) is 0 Å². The van der Waals surface area contributed by atoms with Gasteiger partial charge in [0.2, 0.25) is 0 Å². The van der Waals surface area contributed by atoms with E-state index < -0.39 is 0 Å². The Morgan fingerprint density at radius 3 is 0.455 bits per heavy atom. The van der Waals surface area contributed by atoms with Crippen molar-refractivity contribution in [3.63, 3.8) is 0 Å². The second-order valence-corrected chi connectivity index (χ2v) is 0. The summed E-state index contributed by atoms with van der Waals surface area (Å²) in [5.74, 6) is 0. The van der Waals surface area contributed by atoms with Gasteiger partial charge in [0.25, 0.3) is 0 Å². The van der Waals surface area contributed by atoms with Crippen LogP contribution >= 0.6 is 25.3 Å². The molecular weight excluding hydrogens is 172 g/mol. The summed E-state index contributed by atoms with van der Waals surface area (Å²) < 4.78 is 0. The predicted molar refractivity (Wildman–Crippen MR) is 74.8 cm³/mol. The molecule has 0 aliphatic heterocycles. The molecule has 0 radical (unpaired) electrons. The van der Waals surface area contributed by atoms with E-state index in [4.69, 9.17) is 0 Å². The molecule has 0 bridgehead atoms. The third-order valence-corrected chi connectivity index (χ3v) is 0. The minimum Gasteiger partial charge on any atom is -0.183 e. The first kappa shape index (κ1) is 97.8. The molecule has 0 fully saturated rings. The van der Waals surface area contributed by atoms with Crippen LogP contribution in [0.4, 0.5) is 0 Å². The van der Waals surface area contributed by atoms with Gasteiger partial charge in [0, 0.05) is 0 Å². The lowest BCUT2D eigenvalue weighted by molar-refractivity contribution is 1.50. The van der Waals surface area contributed by atoms with Crippen LogP contribution in [0.3, 0.4) is 0 Å². The summed E-state index contributed by atoms with van der Waals surface area (Å²) in [5, 5.41) is 0. The van der Waals surface area contributed by atoms with Crippen LogP contribution in [-0.4, -0.2) is 12.5 Å². The van der Waals surface area contributed by atoms with Gasteiger partial charge in [-0.25, -0.2) is 0 Å². The molecule has 0 aliphatic carbocycles.